The lowest BCUT2D eigenvalue weighted by Crippen LogP contribution is -2.02. The average Bonchev–Trinajstić information content (AvgIpc) is 2.36. The molecule has 0 aromatic heterocycles. The summed E-state index contributed by atoms with van der Waals surface area (Å²) < 4.78 is 13.5. The maximum absolute atomic E-state index is 13.5. The van der Waals surface area contributed by atoms with Gasteiger partial charge in [0.1, 0.15) is 5.82 Å². The molecule has 0 heterocycles. The summed E-state index contributed by atoms with van der Waals surface area (Å²) >= 11 is 23.6. The molecule has 0 aliphatic heterocycles. The highest BCUT2D eigenvalue weighted by Crippen LogP contribution is 2.32. The minimum Gasteiger partial charge on any atom is -0.380 e. The van der Waals surface area contributed by atoms with E-state index in [1.54, 1.807) is 12.1 Å². The molecule has 0 aliphatic carbocycles. The van der Waals surface area contributed by atoms with Crippen LogP contribution < -0.4 is 5.32 Å². The molecule has 0 fully saturated rings. The molecule has 0 aliphatic rings. The highest BCUT2D eigenvalue weighted by atomic mass is 35.5. The monoisotopic (exact) mass is 337 g/mol. The van der Waals surface area contributed by atoms with Crippen molar-refractivity contribution >= 4 is 52.1 Å². The van der Waals surface area contributed by atoms with Crippen molar-refractivity contribution < 1.29 is 4.39 Å². The smallest absolute Gasteiger partial charge is 0.128 e. The minimum absolute atomic E-state index is 0.240. The first kappa shape index (κ1) is 14.7. The van der Waals surface area contributed by atoms with Crippen LogP contribution in [-0.4, -0.2) is 0 Å². The van der Waals surface area contributed by atoms with Gasteiger partial charge >= 0.3 is 0 Å². The molecule has 100 valence electrons. The van der Waals surface area contributed by atoms with Crippen molar-refractivity contribution in [1.29, 1.82) is 0 Å². The Bertz CT molecular complexity index is 616. The first-order chi connectivity index (χ1) is 8.97. The van der Waals surface area contributed by atoms with Gasteiger partial charge in [-0.1, -0.05) is 46.4 Å². The summed E-state index contributed by atoms with van der Waals surface area (Å²) in [6.45, 7) is 0.240. The molecule has 0 unspecified atom stereocenters. The van der Waals surface area contributed by atoms with E-state index in [-0.39, 0.29) is 12.4 Å². The number of nitrogens with one attached hydrogen (secondary N) is 1. The van der Waals surface area contributed by atoms with Gasteiger partial charge in [-0.15, -0.1) is 0 Å². The zero-order valence-corrected chi connectivity index (χ0v) is 12.5. The molecule has 2 aromatic rings. The van der Waals surface area contributed by atoms with E-state index in [2.05, 4.69) is 5.32 Å². The summed E-state index contributed by atoms with van der Waals surface area (Å²) in [6.07, 6.45) is 0. The van der Waals surface area contributed by atoms with Crippen LogP contribution >= 0.6 is 46.4 Å². The fourth-order valence-electron chi connectivity index (χ4n) is 1.53. The van der Waals surface area contributed by atoms with Crippen molar-refractivity contribution in [1.82, 2.24) is 0 Å². The largest absolute Gasteiger partial charge is 0.380 e. The van der Waals surface area contributed by atoms with Crippen LogP contribution in [0.5, 0.6) is 0 Å². The molecule has 0 bridgehead atoms. The van der Waals surface area contributed by atoms with Gasteiger partial charge in [-0.25, -0.2) is 4.39 Å². The highest BCUT2D eigenvalue weighted by molar-refractivity contribution is 6.44. The maximum atomic E-state index is 13.5. The molecular weight excluding hydrogens is 331 g/mol. The molecule has 6 heteroatoms. The predicted octanol–water partition coefficient (Wildman–Crippen LogP) is 6.05. The standard InChI is InChI=1S/C13H8Cl4FN/c14-8-1-2-12(18)7(3-8)6-19-13-5-10(16)9(15)4-11(13)17/h1-5,19H,6H2. The number of rotatable bonds is 3. The normalized spacial score (nSPS) is 10.6. The van der Waals surface area contributed by atoms with Crippen LogP contribution in [0.1, 0.15) is 5.56 Å². The summed E-state index contributed by atoms with van der Waals surface area (Å²) in [5.41, 5.74) is 1.02. The number of hydrogen-bond acceptors (Lipinski definition) is 1. The minimum atomic E-state index is -0.340. The Labute approximate surface area is 130 Å². The SMILES string of the molecule is Fc1ccc(Cl)cc1CNc1cc(Cl)c(Cl)cc1Cl. The fourth-order valence-corrected chi connectivity index (χ4v) is 2.34. The Morgan fingerprint density at radius 1 is 0.895 bits per heavy atom. The van der Waals surface area contributed by atoms with Crippen molar-refractivity contribution in [2.75, 3.05) is 5.32 Å². The van der Waals surface area contributed by atoms with E-state index in [1.807, 2.05) is 0 Å². The summed E-state index contributed by atoms with van der Waals surface area (Å²) in [6, 6.07) is 7.48. The van der Waals surface area contributed by atoms with Crippen LogP contribution in [-0.2, 0) is 6.54 Å². The summed E-state index contributed by atoms with van der Waals surface area (Å²) in [5.74, 6) is -0.340. The summed E-state index contributed by atoms with van der Waals surface area (Å²) in [5, 5.41) is 4.62. The summed E-state index contributed by atoms with van der Waals surface area (Å²) in [4.78, 5) is 0. The van der Waals surface area contributed by atoms with Crippen molar-refractivity contribution in [2.24, 2.45) is 0 Å². The van der Waals surface area contributed by atoms with Gasteiger partial charge in [0.2, 0.25) is 0 Å². The van der Waals surface area contributed by atoms with Crippen LogP contribution in [0, 0.1) is 5.82 Å². The highest BCUT2D eigenvalue weighted by Gasteiger charge is 2.07. The van der Waals surface area contributed by atoms with Crippen LogP contribution in [0.15, 0.2) is 30.3 Å². The van der Waals surface area contributed by atoms with E-state index in [9.17, 15) is 4.39 Å². The van der Waals surface area contributed by atoms with E-state index >= 15 is 0 Å². The quantitative estimate of drug-likeness (QED) is 0.671. The van der Waals surface area contributed by atoms with E-state index in [0.29, 0.717) is 31.3 Å². The zero-order valence-electron chi connectivity index (χ0n) is 9.48. The molecule has 1 nitrogen and oxygen atoms in total. The molecule has 19 heavy (non-hydrogen) atoms. The van der Waals surface area contributed by atoms with Crippen LogP contribution in [0.25, 0.3) is 0 Å². The first-order valence-corrected chi connectivity index (χ1v) is 6.81. The Hall–Kier alpha value is -0.670. The molecule has 0 radical (unpaired) electrons. The number of halogens is 5. The number of hydrogen-bond donors (Lipinski definition) is 1. The van der Waals surface area contributed by atoms with Crippen molar-refractivity contribution in [3.8, 4) is 0 Å². The fraction of sp³-hybridized carbons (Fsp3) is 0.0769. The Morgan fingerprint density at radius 3 is 2.32 bits per heavy atom. The molecule has 1 N–H and O–H groups in total. The Kier molecular flexibility index (Phi) is 4.80. The lowest BCUT2D eigenvalue weighted by molar-refractivity contribution is 0.613. The lowest BCUT2D eigenvalue weighted by Gasteiger charge is -2.10. The van der Waals surface area contributed by atoms with Gasteiger partial charge in [-0.3, -0.25) is 0 Å². The summed E-state index contributed by atoms with van der Waals surface area (Å²) in [7, 11) is 0. The Balaban J connectivity index is 2.19. The van der Waals surface area contributed by atoms with Gasteiger partial charge in [0, 0.05) is 17.1 Å². The number of benzene rings is 2. The van der Waals surface area contributed by atoms with Gasteiger partial charge in [0.15, 0.2) is 0 Å². The lowest BCUT2D eigenvalue weighted by atomic mass is 10.2. The van der Waals surface area contributed by atoms with E-state index < -0.39 is 0 Å². The molecule has 0 saturated carbocycles. The number of anilines is 1. The third kappa shape index (κ3) is 3.67. The van der Waals surface area contributed by atoms with Crippen LogP contribution in [0.4, 0.5) is 10.1 Å². The van der Waals surface area contributed by atoms with E-state index in [1.165, 1.54) is 18.2 Å². The van der Waals surface area contributed by atoms with Crippen LogP contribution in [0.3, 0.4) is 0 Å². The predicted molar refractivity (Wildman–Crippen MR) is 80.2 cm³/mol. The third-order valence-electron chi connectivity index (χ3n) is 2.49. The topological polar surface area (TPSA) is 12.0 Å². The second-order valence-electron chi connectivity index (χ2n) is 3.84. The molecular formula is C13H8Cl4FN. The zero-order chi connectivity index (χ0) is 14.0. The molecule has 2 aromatic carbocycles. The Morgan fingerprint density at radius 2 is 1.58 bits per heavy atom. The van der Waals surface area contributed by atoms with Crippen molar-refractivity contribution in [3.63, 3.8) is 0 Å². The molecule has 0 atom stereocenters. The molecule has 0 saturated heterocycles. The van der Waals surface area contributed by atoms with Gasteiger partial charge < -0.3 is 5.32 Å². The molecule has 0 spiro atoms. The van der Waals surface area contributed by atoms with Crippen molar-refractivity contribution in [3.05, 3.63) is 61.8 Å². The molecule has 0 amide bonds. The van der Waals surface area contributed by atoms with Gasteiger partial charge in [-0.05, 0) is 30.3 Å². The first-order valence-electron chi connectivity index (χ1n) is 5.29. The van der Waals surface area contributed by atoms with Crippen LogP contribution in [0.2, 0.25) is 20.1 Å². The molecule has 2 rings (SSSR count). The maximum Gasteiger partial charge on any atom is 0.128 e. The second kappa shape index (κ2) is 6.19. The average molecular weight is 339 g/mol. The third-order valence-corrected chi connectivity index (χ3v) is 3.76. The van der Waals surface area contributed by atoms with Gasteiger partial charge in [-0.2, -0.15) is 0 Å². The van der Waals surface area contributed by atoms with E-state index in [0.717, 1.165) is 0 Å². The van der Waals surface area contributed by atoms with Gasteiger partial charge in [0.25, 0.3) is 0 Å². The van der Waals surface area contributed by atoms with Crippen molar-refractivity contribution in [2.45, 2.75) is 6.54 Å². The van der Waals surface area contributed by atoms with E-state index in [4.69, 9.17) is 46.4 Å². The second-order valence-corrected chi connectivity index (χ2v) is 5.49. The van der Waals surface area contributed by atoms with Gasteiger partial charge in [0.05, 0.1) is 20.8 Å².